The van der Waals surface area contributed by atoms with E-state index in [1.165, 1.54) is 0 Å². The third-order valence-corrected chi connectivity index (χ3v) is 2.57. The molecule has 1 aromatic carbocycles. The summed E-state index contributed by atoms with van der Waals surface area (Å²) >= 11 is 0. The highest BCUT2D eigenvalue weighted by atomic mass is 16.3. The van der Waals surface area contributed by atoms with E-state index < -0.39 is 6.10 Å². The van der Waals surface area contributed by atoms with Crippen LogP contribution in [-0.4, -0.2) is 10.1 Å². The lowest BCUT2D eigenvalue weighted by molar-refractivity contribution is 0.198. The Morgan fingerprint density at radius 2 is 2.13 bits per heavy atom. The van der Waals surface area contributed by atoms with Crippen molar-refractivity contribution >= 4 is 10.9 Å². The van der Waals surface area contributed by atoms with E-state index in [2.05, 4.69) is 4.98 Å². The number of H-pyrrole nitrogens is 1. The van der Waals surface area contributed by atoms with Crippen LogP contribution in [0.3, 0.4) is 0 Å². The molecule has 0 aliphatic heterocycles. The molecule has 1 unspecified atom stereocenters. The molecule has 1 heterocycles. The van der Waals surface area contributed by atoms with Gasteiger partial charge in [0.15, 0.2) is 0 Å². The molecular weight excluding hydrogens is 190 g/mol. The van der Waals surface area contributed by atoms with E-state index in [9.17, 15) is 9.90 Å². The number of rotatable bonds is 1. The maximum absolute atomic E-state index is 11.6. The number of aromatic nitrogens is 1. The van der Waals surface area contributed by atoms with Gasteiger partial charge in [-0.25, -0.2) is 0 Å². The van der Waals surface area contributed by atoms with Gasteiger partial charge in [-0.2, -0.15) is 0 Å². The minimum absolute atomic E-state index is 0.216. The molecule has 1 atom stereocenters. The van der Waals surface area contributed by atoms with Crippen LogP contribution in [0.1, 0.15) is 24.2 Å². The van der Waals surface area contributed by atoms with E-state index in [-0.39, 0.29) is 5.56 Å². The van der Waals surface area contributed by atoms with Gasteiger partial charge in [-0.1, -0.05) is 18.2 Å². The van der Waals surface area contributed by atoms with Gasteiger partial charge in [0.25, 0.3) is 5.56 Å². The number of aliphatic hydroxyl groups is 1. The van der Waals surface area contributed by atoms with Crippen LogP contribution in [0.5, 0.6) is 0 Å². The molecule has 3 heteroatoms. The molecule has 0 fully saturated rings. The van der Waals surface area contributed by atoms with Crippen molar-refractivity contribution in [3.63, 3.8) is 0 Å². The molecular formula is C12H13NO2. The largest absolute Gasteiger partial charge is 0.388 e. The number of pyridine rings is 1. The molecule has 2 N–H and O–H groups in total. The molecule has 15 heavy (non-hydrogen) atoms. The van der Waals surface area contributed by atoms with Gasteiger partial charge in [0.1, 0.15) is 0 Å². The number of aryl methyl sites for hydroxylation is 1. The number of hydrogen-bond donors (Lipinski definition) is 2. The van der Waals surface area contributed by atoms with E-state index >= 15 is 0 Å². The Bertz CT molecular complexity index is 555. The third-order valence-electron chi connectivity index (χ3n) is 2.57. The van der Waals surface area contributed by atoms with Gasteiger partial charge >= 0.3 is 0 Å². The molecule has 0 spiro atoms. The van der Waals surface area contributed by atoms with Crippen LogP contribution >= 0.6 is 0 Å². The highest BCUT2D eigenvalue weighted by molar-refractivity contribution is 5.81. The van der Waals surface area contributed by atoms with Crippen molar-refractivity contribution in [1.29, 1.82) is 0 Å². The topological polar surface area (TPSA) is 53.1 Å². The summed E-state index contributed by atoms with van der Waals surface area (Å²) in [6, 6.07) is 7.54. The SMILES string of the molecule is Cc1cccc2cc(C(C)O)c(=O)[nH]c12. The zero-order valence-electron chi connectivity index (χ0n) is 8.74. The molecule has 3 nitrogen and oxygen atoms in total. The van der Waals surface area contributed by atoms with Crippen LogP contribution in [0.2, 0.25) is 0 Å². The van der Waals surface area contributed by atoms with E-state index in [0.29, 0.717) is 5.56 Å². The van der Waals surface area contributed by atoms with Crippen LogP contribution in [0, 0.1) is 6.92 Å². The summed E-state index contributed by atoms with van der Waals surface area (Å²) in [5.41, 5.74) is 2.06. The summed E-state index contributed by atoms with van der Waals surface area (Å²) in [4.78, 5) is 14.4. The first-order valence-corrected chi connectivity index (χ1v) is 4.90. The fourth-order valence-corrected chi connectivity index (χ4v) is 1.71. The van der Waals surface area contributed by atoms with Crippen molar-refractivity contribution in [3.05, 3.63) is 45.7 Å². The molecule has 1 aromatic heterocycles. The van der Waals surface area contributed by atoms with Crippen LogP contribution in [-0.2, 0) is 0 Å². The first-order valence-electron chi connectivity index (χ1n) is 4.90. The fourth-order valence-electron chi connectivity index (χ4n) is 1.71. The monoisotopic (exact) mass is 203 g/mol. The normalized spacial score (nSPS) is 13.0. The van der Waals surface area contributed by atoms with Crippen LogP contribution in [0.25, 0.3) is 10.9 Å². The molecule has 0 saturated carbocycles. The van der Waals surface area contributed by atoms with E-state index in [0.717, 1.165) is 16.5 Å². The second kappa shape index (κ2) is 3.51. The van der Waals surface area contributed by atoms with Crippen molar-refractivity contribution < 1.29 is 5.11 Å². The van der Waals surface area contributed by atoms with Crippen LogP contribution < -0.4 is 5.56 Å². The van der Waals surface area contributed by atoms with Gasteiger partial charge in [-0.05, 0) is 30.9 Å². The Morgan fingerprint density at radius 3 is 2.80 bits per heavy atom. The second-order valence-corrected chi connectivity index (χ2v) is 3.77. The minimum Gasteiger partial charge on any atom is -0.388 e. The summed E-state index contributed by atoms with van der Waals surface area (Å²) in [7, 11) is 0. The van der Waals surface area contributed by atoms with Crippen molar-refractivity contribution in [2.75, 3.05) is 0 Å². The van der Waals surface area contributed by atoms with Gasteiger partial charge < -0.3 is 10.1 Å². The Hall–Kier alpha value is -1.61. The molecule has 0 bridgehead atoms. The lowest BCUT2D eigenvalue weighted by Gasteiger charge is -2.06. The minimum atomic E-state index is -0.737. The van der Waals surface area contributed by atoms with Crippen molar-refractivity contribution in [2.24, 2.45) is 0 Å². The Labute approximate surface area is 87.4 Å². The van der Waals surface area contributed by atoms with E-state index in [1.807, 2.05) is 25.1 Å². The average Bonchev–Trinajstić information content (AvgIpc) is 2.18. The molecule has 2 rings (SSSR count). The maximum atomic E-state index is 11.6. The van der Waals surface area contributed by atoms with Gasteiger partial charge in [-0.15, -0.1) is 0 Å². The first-order chi connectivity index (χ1) is 7.09. The Balaban J connectivity index is 2.82. The predicted octanol–water partition coefficient (Wildman–Crippen LogP) is 1.89. The Morgan fingerprint density at radius 1 is 1.40 bits per heavy atom. The van der Waals surface area contributed by atoms with E-state index in [4.69, 9.17) is 0 Å². The van der Waals surface area contributed by atoms with Gasteiger partial charge in [-0.3, -0.25) is 4.79 Å². The summed E-state index contributed by atoms with van der Waals surface area (Å²) in [5.74, 6) is 0. The van der Waals surface area contributed by atoms with Crippen LogP contribution in [0.4, 0.5) is 0 Å². The maximum Gasteiger partial charge on any atom is 0.254 e. The second-order valence-electron chi connectivity index (χ2n) is 3.77. The molecule has 0 saturated heterocycles. The zero-order valence-corrected chi connectivity index (χ0v) is 8.74. The van der Waals surface area contributed by atoms with Crippen molar-refractivity contribution in [1.82, 2.24) is 4.98 Å². The fraction of sp³-hybridized carbons (Fsp3) is 0.250. The third kappa shape index (κ3) is 1.66. The van der Waals surface area contributed by atoms with Crippen LogP contribution in [0.15, 0.2) is 29.1 Å². The molecule has 0 amide bonds. The average molecular weight is 203 g/mol. The summed E-state index contributed by atoms with van der Waals surface area (Å²) in [5, 5.41) is 10.4. The first kappa shape index (κ1) is 9.93. The van der Waals surface area contributed by atoms with Gasteiger partial charge in [0.2, 0.25) is 0 Å². The molecule has 0 aliphatic rings. The predicted molar refractivity (Wildman–Crippen MR) is 59.9 cm³/mol. The van der Waals surface area contributed by atoms with Crippen molar-refractivity contribution in [2.45, 2.75) is 20.0 Å². The zero-order chi connectivity index (χ0) is 11.0. The smallest absolute Gasteiger partial charge is 0.254 e. The highest BCUT2D eigenvalue weighted by Gasteiger charge is 2.08. The molecule has 0 aliphatic carbocycles. The summed E-state index contributed by atoms with van der Waals surface area (Å²) < 4.78 is 0. The number of hydrogen-bond acceptors (Lipinski definition) is 2. The number of benzene rings is 1. The summed E-state index contributed by atoms with van der Waals surface area (Å²) in [6.07, 6.45) is -0.737. The number of nitrogens with one attached hydrogen (secondary N) is 1. The van der Waals surface area contributed by atoms with Gasteiger partial charge in [0, 0.05) is 5.56 Å². The Kier molecular flexibility index (Phi) is 2.32. The highest BCUT2D eigenvalue weighted by Crippen LogP contribution is 2.17. The number of para-hydroxylation sites is 1. The number of fused-ring (bicyclic) bond motifs is 1. The molecule has 2 aromatic rings. The molecule has 78 valence electrons. The lowest BCUT2D eigenvalue weighted by atomic mass is 10.1. The van der Waals surface area contributed by atoms with Gasteiger partial charge in [0.05, 0.1) is 11.6 Å². The lowest BCUT2D eigenvalue weighted by Crippen LogP contribution is -2.14. The van der Waals surface area contributed by atoms with Crippen molar-refractivity contribution in [3.8, 4) is 0 Å². The standard InChI is InChI=1S/C12H13NO2/c1-7-4-3-5-9-6-10(8(2)14)12(15)13-11(7)9/h3-6,8,14H,1-2H3,(H,13,15). The summed E-state index contributed by atoms with van der Waals surface area (Å²) in [6.45, 7) is 3.53. The quantitative estimate of drug-likeness (QED) is 0.743. The number of aromatic amines is 1. The molecule has 0 radical (unpaired) electrons. The number of aliphatic hydroxyl groups excluding tert-OH is 1. The van der Waals surface area contributed by atoms with E-state index in [1.54, 1.807) is 13.0 Å².